The van der Waals surface area contributed by atoms with Crippen LogP contribution >= 0.6 is 0 Å². The fourth-order valence-electron chi connectivity index (χ4n) is 3.45. The number of fused-ring (bicyclic) bond motifs is 1. The zero-order valence-corrected chi connectivity index (χ0v) is 12.3. The minimum absolute atomic E-state index is 0.269. The maximum Gasteiger partial charge on any atom is 0.222 e. The number of carbonyl (C=O) groups excluding carboxylic acids is 1. The number of aromatic nitrogens is 3. The standard InChI is InChI=1S/C15H24N4O/c1-2-14(20)18-9-6-7-12(11-18)15-17-16-13-8-4-3-5-10-19(13)15/h12H,2-11H2,1H3. The van der Waals surface area contributed by atoms with Gasteiger partial charge in [-0.25, -0.2) is 0 Å². The second kappa shape index (κ2) is 5.94. The molecule has 1 saturated heterocycles. The van der Waals surface area contributed by atoms with Crippen molar-refractivity contribution in [2.24, 2.45) is 0 Å². The van der Waals surface area contributed by atoms with Crippen molar-refractivity contribution in [2.45, 2.75) is 64.3 Å². The summed E-state index contributed by atoms with van der Waals surface area (Å²) in [6, 6.07) is 0. The number of hydrogen-bond donors (Lipinski definition) is 0. The predicted octanol–water partition coefficient (Wildman–Crippen LogP) is 2.12. The van der Waals surface area contributed by atoms with Gasteiger partial charge >= 0.3 is 0 Å². The third-order valence-corrected chi connectivity index (χ3v) is 4.58. The maximum atomic E-state index is 11.9. The molecule has 1 fully saturated rings. The Balaban J connectivity index is 1.79. The van der Waals surface area contributed by atoms with Crippen molar-refractivity contribution in [1.82, 2.24) is 19.7 Å². The van der Waals surface area contributed by atoms with Gasteiger partial charge in [0, 0.05) is 38.4 Å². The first-order valence-electron chi connectivity index (χ1n) is 7.99. The number of likely N-dealkylation sites (tertiary alicyclic amines) is 1. The highest BCUT2D eigenvalue weighted by Gasteiger charge is 2.28. The van der Waals surface area contributed by atoms with Gasteiger partial charge in [-0.2, -0.15) is 0 Å². The van der Waals surface area contributed by atoms with Crippen LogP contribution in [0.5, 0.6) is 0 Å². The number of amides is 1. The molecule has 5 heteroatoms. The molecule has 0 radical (unpaired) electrons. The van der Waals surface area contributed by atoms with Gasteiger partial charge in [-0.05, 0) is 25.7 Å². The molecule has 0 N–H and O–H groups in total. The van der Waals surface area contributed by atoms with Gasteiger partial charge in [0.25, 0.3) is 0 Å². The van der Waals surface area contributed by atoms with E-state index < -0.39 is 0 Å². The molecule has 1 aromatic rings. The van der Waals surface area contributed by atoms with Crippen LogP contribution in [-0.2, 0) is 17.8 Å². The van der Waals surface area contributed by atoms with Gasteiger partial charge in [0.15, 0.2) is 0 Å². The summed E-state index contributed by atoms with van der Waals surface area (Å²) in [5.74, 6) is 2.91. The number of piperidine rings is 1. The Morgan fingerprint density at radius 2 is 2.10 bits per heavy atom. The Morgan fingerprint density at radius 1 is 1.20 bits per heavy atom. The second-order valence-electron chi connectivity index (χ2n) is 5.97. The van der Waals surface area contributed by atoms with Crippen LogP contribution in [0, 0.1) is 0 Å². The van der Waals surface area contributed by atoms with Crippen LogP contribution in [0.2, 0.25) is 0 Å². The number of rotatable bonds is 2. The van der Waals surface area contributed by atoms with Crippen LogP contribution in [0.15, 0.2) is 0 Å². The highest BCUT2D eigenvalue weighted by Crippen LogP contribution is 2.28. The Bertz CT molecular complexity index is 482. The number of aryl methyl sites for hydroxylation is 1. The summed E-state index contributed by atoms with van der Waals surface area (Å²) in [7, 11) is 0. The van der Waals surface area contributed by atoms with E-state index in [1.165, 1.54) is 19.3 Å². The number of nitrogens with zero attached hydrogens (tertiary/aromatic N) is 4. The molecule has 2 aliphatic rings. The third-order valence-electron chi connectivity index (χ3n) is 4.58. The van der Waals surface area contributed by atoms with Crippen LogP contribution in [0.25, 0.3) is 0 Å². The Labute approximate surface area is 120 Å². The summed E-state index contributed by atoms with van der Waals surface area (Å²) in [5, 5.41) is 8.85. The average molecular weight is 276 g/mol. The van der Waals surface area contributed by atoms with Crippen LogP contribution in [0.1, 0.15) is 63.0 Å². The van der Waals surface area contributed by atoms with Crippen molar-refractivity contribution in [1.29, 1.82) is 0 Å². The molecular weight excluding hydrogens is 252 g/mol. The molecule has 3 rings (SSSR count). The van der Waals surface area contributed by atoms with Crippen molar-refractivity contribution >= 4 is 5.91 Å². The van der Waals surface area contributed by atoms with E-state index in [2.05, 4.69) is 14.8 Å². The molecule has 1 aromatic heterocycles. The van der Waals surface area contributed by atoms with Crippen molar-refractivity contribution < 1.29 is 4.79 Å². The van der Waals surface area contributed by atoms with E-state index in [1.54, 1.807) is 0 Å². The largest absolute Gasteiger partial charge is 0.342 e. The van der Waals surface area contributed by atoms with Gasteiger partial charge in [-0.1, -0.05) is 13.3 Å². The van der Waals surface area contributed by atoms with Crippen LogP contribution < -0.4 is 0 Å². The highest BCUT2D eigenvalue weighted by molar-refractivity contribution is 5.75. The zero-order valence-electron chi connectivity index (χ0n) is 12.3. The number of carbonyl (C=O) groups is 1. The second-order valence-corrected chi connectivity index (χ2v) is 5.97. The predicted molar refractivity (Wildman–Crippen MR) is 76.4 cm³/mol. The normalized spacial score (nSPS) is 23.2. The van der Waals surface area contributed by atoms with Gasteiger partial charge in [0.1, 0.15) is 11.6 Å². The molecule has 0 bridgehead atoms. The Kier molecular flexibility index (Phi) is 4.03. The van der Waals surface area contributed by atoms with E-state index in [1.807, 2.05) is 11.8 Å². The van der Waals surface area contributed by atoms with Crippen LogP contribution in [0.4, 0.5) is 0 Å². The van der Waals surface area contributed by atoms with E-state index in [9.17, 15) is 4.79 Å². The minimum Gasteiger partial charge on any atom is -0.342 e. The monoisotopic (exact) mass is 276 g/mol. The van der Waals surface area contributed by atoms with Crippen molar-refractivity contribution in [3.05, 3.63) is 11.6 Å². The van der Waals surface area contributed by atoms with Crippen molar-refractivity contribution in [3.63, 3.8) is 0 Å². The molecule has 5 nitrogen and oxygen atoms in total. The van der Waals surface area contributed by atoms with Gasteiger partial charge in [-0.15, -0.1) is 10.2 Å². The first-order valence-corrected chi connectivity index (χ1v) is 7.99. The molecule has 1 atom stereocenters. The average Bonchev–Trinajstić information content (AvgIpc) is 2.75. The van der Waals surface area contributed by atoms with Gasteiger partial charge in [-0.3, -0.25) is 4.79 Å². The molecule has 110 valence electrons. The van der Waals surface area contributed by atoms with Gasteiger partial charge < -0.3 is 9.47 Å². The van der Waals surface area contributed by atoms with E-state index in [0.717, 1.165) is 50.5 Å². The van der Waals surface area contributed by atoms with Crippen LogP contribution in [0.3, 0.4) is 0 Å². The maximum absolute atomic E-state index is 11.9. The van der Waals surface area contributed by atoms with E-state index in [4.69, 9.17) is 0 Å². The van der Waals surface area contributed by atoms with E-state index in [-0.39, 0.29) is 5.91 Å². The lowest BCUT2D eigenvalue weighted by Crippen LogP contribution is -2.39. The Morgan fingerprint density at radius 3 is 2.95 bits per heavy atom. The summed E-state index contributed by atoms with van der Waals surface area (Å²) >= 11 is 0. The highest BCUT2D eigenvalue weighted by atomic mass is 16.2. The molecule has 20 heavy (non-hydrogen) atoms. The van der Waals surface area contributed by atoms with Crippen LogP contribution in [-0.4, -0.2) is 38.7 Å². The smallest absolute Gasteiger partial charge is 0.222 e. The summed E-state index contributed by atoms with van der Waals surface area (Å²) in [5.41, 5.74) is 0. The number of hydrogen-bond acceptors (Lipinski definition) is 3. The first-order chi connectivity index (χ1) is 9.79. The molecule has 0 saturated carbocycles. The van der Waals surface area contributed by atoms with E-state index >= 15 is 0 Å². The quantitative estimate of drug-likeness (QED) is 0.831. The molecule has 1 unspecified atom stereocenters. The minimum atomic E-state index is 0.269. The molecule has 0 aliphatic carbocycles. The fourth-order valence-corrected chi connectivity index (χ4v) is 3.45. The fraction of sp³-hybridized carbons (Fsp3) is 0.800. The summed E-state index contributed by atoms with van der Waals surface area (Å²) in [6.07, 6.45) is 7.60. The molecule has 1 amide bonds. The zero-order chi connectivity index (χ0) is 13.9. The first kappa shape index (κ1) is 13.6. The lowest BCUT2D eigenvalue weighted by atomic mass is 9.96. The molecule has 0 aromatic carbocycles. The lowest BCUT2D eigenvalue weighted by molar-refractivity contribution is -0.132. The van der Waals surface area contributed by atoms with E-state index in [0.29, 0.717) is 12.3 Å². The lowest BCUT2D eigenvalue weighted by Gasteiger charge is -2.32. The topological polar surface area (TPSA) is 51.0 Å². The third kappa shape index (κ3) is 2.58. The van der Waals surface area contributed by atoms with Gasteiger partial charge in [0.05, 0.1) is 0 Å². The molecule has 0 spiro atoms. The summed E-state index contributed by atoms with van der Waals surface area (Å²) in [6.45, 7) is 4.72. The summed E-state index contributed by atoms with van der Waals surface area (Å²) in [4.78, 5) is 13.9. The van der Waals surface area contributed by atoms with Gasteiger partial charge in [0.2, 0.25) is 5.91 Å². The molecular formula is C15H24N4O. The van der Waals surface area contributed by atoms with Crippen molar-refractivity contribution in [3.8, 4) is 0 Å². The van der Waals surface area contributed by atoms with Crippen molar-refractivity contribution in [2.75, 3.05) is 13.1 Å². The SMILES string of the molecule is CCC(=O)N1CCCC(c2nnc3n2CCCCC3)C1. The molecule has 2 aliphatic heterocycles. The molecule has 3 heterocycles. The summed E-state index contributed by atoms with van der Waals surface area (Å²) < 4.78 is 2.33. The Hall–Kier alpha value is -1.39.